The number of piperazine rings is 1. The van der Waals surface area contributed by atoms with Crippen molar-refractivity contribution in [1.29, 1.82) is 0 Å². The number of hydrogen-bond donors (Lipinski definition) is 1. The third-order valence-electron chi connectivity index (χ3n) is 4.47. The largest absolute Gasteiger partial charge is 0.573 e. The van der Waals surface area contributed by atoms with Gasteiger partial charge in [-0.05, 0) is 25.1 Å². The quantitative estimate of drug-likeness (QED) is 0.694. The van der Waals surface area contributed by atoms with Gasteiger partial charge in [-0.1, -0.05) is 17.7 Å². The smallest absolute Gasteiger partial charge is 0.423 e. The Morgan fingerprint density at radius 1 is 1.36 bits per heavy atom. The minimum atomic E-state index is -4.91. The number of halogens is 4. The molecule has 0 aliphatic carbocycles. The lowest BCUT2D eigenvalue weighted by Gasteiger charge is -2.32. The number of aromatic nitrogens is 2. The van der Waals surface area contributed by atoms with Gasteiger partial charge in [-0.15, -0.1) is 13.2 Å². The summed E-state index contributed by atoms with van der Waals surface area (Å²) in [7, 11) is 0. The highest BCUT2D eigenvalue weighted by Crippen LogP contribution is 2.43. The van der Waals surface area contributed by atoms with E-state index >= 15 is 0 Å². The highest BCUT2D eigenvalue weighted by atomic mass is 35.5. The number of ether oxygens (including phenoxy) is 1. The lowest BCUT2D eigenvalue weighted by atomic mass is 10.1. The lowest BCUT2D eigenvalue weighted by Crippen LogP contribution is -2.50. The molecule has 0 saturated carbocycles. The maximum Gasteiger partial charge on any atom is 0.573 e. The van der Waals surface area contributed by atoms with Crippen LogP contribution in [0.15, 0.2) is 34.9 Å². The number of fused-ring (bicyclic) bond motifs is 1. The van der Waals surface area contributed by atoms with Crippen LogP contribution in [0.3, 0.4) is 0 Å². The van der Waals surface area contributed by atoms with E-state index in [9.17, 15) is 13.2 Å². The lowest BCUT2D eigenvalue weighted by molar-refractivity contribution is -0.274. The van der Waals surface area contributed by atoms with Crippen LogP contribution in [0.25, 0.3) is 22.4 Å². The van der Waals surface area contributed by atoms with Gasteiger partial charge in [0, 0.05) is 37.4 Å². The van der Waals surface area contributed by atoms with Crippen LogP contribution >= 0.6 is 11.6 Å². The third-order valence-corrected chi connectivity index (χ3v) is 4.75. The van der Waals surface area contributed by atoms with Crippen molar-refractivity contribution in [3.63, 3.8) is 0 Å². The molecule has 4 rings (SSSR count). The molecular formula is C18H16ClF3N4O2. The Labute approximate surface area is 163 Å². The molecule has 6 nitrogen and oxygen atoms in total. The van der Waals surface area contributed by atoms with Crippen LogP contribution in [0.4, 0.5) is 19.2 Å². The van der Waals surface area contributed by atoms with Gasteiger partial charge in [0.1, 0.15) is 0 Å². The first-order chi connectivity index (χ1) is 13.3. The fourth-order valence-corrected chi connectivity index (χ4v) is 3.43. The molecule has 3 heterocycles. The summed E-state index contributed by atoms with van der Waals surface area (Å²) in [5.41, 5.74) is 0.995. The monoisotopic (exact) mass is 412 g/mol. The Morgan fingerprint density at radius 2 is 2.18 bits per heavy atom. The zero-order chi connectivity index (χ0) is 19.9. The van der Waals surface area contributed by atoms with Gasteiger partial charge in [0.05, 0.1) is 10.7 Å². The molecule has 1 aliphatic heterocycles. The standard InChI is InChI=1S/C18H16ClF3N4O2/c1-10-9-23-6-7-26(10)17-25-14-15(27-17)11(13-4-2-3-5-24-13)8-12(19)16(14)28-18(20,21)22/h2-5,8,10,23H,6-7,9H2,1H3/t10-/m1/s1. The Hall–Kier alpha value is -2.52. The van der Waals surface area contributed by atoms with Gasteiger partial charge in [0.2, 0.25) is 0 Å². The molecule has 28 heavy (non-hydrogen) atoms. The molecule has 0 amide bonds. The van der Waals surface area contributed by atoms with E-state index in [0.29, 0.717) is 30.9 Å². The molecule has 0 spiro atoms. The number of oxazole rings is 1. The molecule has 1 saturated heterocycles. The maximum absolute atomic E-state index is 12.9. The van der Waals surface area contributed by atoms with Gasteiger partial charge >= 0.3 is 6.36 Å². The molecule has 10 heteroatoms. The molecule has 1 fully saturated rings. The molecule has 1 atom stereocenters. The molecule has 1 aromatic carbocycles. The van der Waals surface area contributed by atoms with Crippen LogP contribution in [0.1, 0.15) is 6.92 Å². The fraction of sp³-hybridized carbons (Fsp3) is 0.333. The van der Waals surface area contributed by atoms with Gasteiger partial charge in [-0.3, -0.25) is 4.98 Å². The van der Waals surface area contributed by atoms with E-state index in [0.717, 1.165) is 0 Å². The van der Waals surface area contributed by atoms with Gasteiger partial charge in [0.25, 0.3) is 6.01 Å². The van der Waals surface area contributed by atoms with Crippen molar-refractivity contribution in [2.45, 2.75) is 19.3 Å². The molecule has 1 aliphatic rings. The van der Waals surface area contributed by atoms with E-state index in [1.807, 2.05) is 11.8 Å². The zero-order valence-corrected chi connectivity index (χ0v) is 15.5. The third kappa shape index (κ3) is 3.59. The molecule has 1 N–H and O–H groups in total. The minimum Gasteiger partial charge on any atom is -0.423 e. The molecule has 0 unspecified atom stereocenters. The van der Waals surface area contributed by atoms with Crippen LogP contribution in [-0.2, 0) is 0 Å². The first kappa shape index (κ1) is 18.8. The van der Waals surface area contributed by atoms with E-state index in [1.54, 1.807) is 24.4 Å². The number of rotatable bonds is 3. The average Bonchev–Trinajstić information content (AvgIpc) is 3.09. The van der Waals surface area contributed by atoms with E-state index in [4.69, 9.17) is 16.0 Å². The topological polar surface area (TPSA) is 63.4 Å². The minimum absolute atomic E-state index is 0.0579. The normalized spacial score (nSPS) is 17.9. The van der Waals surface area contributed by atoms with Crippen molar-refractivity contribution in [1.82, 2.24) is 15.3 Å². The van der Waals surface area contributed by atoms with Crippen molar-refractivity contribution in [3.05, 3.63) is 35.5 Å². The SMILES string of the molecule is C[C@@H]1CNCCN1c1nc2c(OC(F)(F)F)c(Cl)cc(-c3ccccn3)c2o1. The summed E-state index contributed by atoms with van der Waals surface area (Å²) in [5, 5.41) is 3.02. The van der Waals surface area contributed by atoms with E-state index in [-0.39, 0.29) is 28.2 Å². The predicted molar refractivity (Wildman–Crippen MR) is 98.6 cm³/mol. The fourth-order valence-electron chi connectivity index (χ4n) is 3.19. The number of benzene rings is 1. The molecule has 148 valence electrons. The van der Waals surface area contributed by atoms with Gasteiger partial charge in [-0.25, -0.2) is 0 Å². The number of hydrogen-bond acceptors (Lipinski definition) is 6. The van der Waals surface area contributed by atoms with Gasteiger partial charge < -0.3 is 19.4 Å². The first-order valence-electron chi connectivity index (χ1n) is 8.61. The Morgan fingerprint density at radius 3 is 2.86 bits per heavy atom. The van der Waals surface area contributed by atoms with Crippen LogP contribution in [0.2, 0.25) is 5.02 Å². The summed E-state index contributed by atoms with van der Waals surface area (Å²) in [6.07, 6.45) is -3.34. The molecule has 3 aromatic rings. The van der Waals surface area contributed by atoms with Crippen molar-refractivity contribution in [3.8, 4) is 17.0 Å². The predicted octanol–water partition coefficient (Wildman–Crippen LogP) is 4.24. The number of anilines is 1. The van der Waals surface area contributed by atoms with E-state index in [2.05, 4.69) is 20.0 Å². The summed E-state index contributed by atoms with van der Waals surface area (Å²) in [6, 6.07) is 6.84. The van der Waals surface area contributed by atoms with Gasteiger partial charge in [-0.2, -0.15) is 4.98 Å². The van der Waals surface area contributed by atoms with E-state index < -0.39 is 12.1 Å². The molecular weight excluding hydrogens is 397 g/mol. The van der Waals surface area contributed by atoms with Crippen LogP contribution < -0.4 is 15.0 Å². The molecule has 0 radical (unpaired) electrons. The van der Waals surface area contributed by atoms with Crippen molar-refractivity contribution in [2.24, 2.45) is 0 Å². The van der Waals surface area contributed by atoms with E-state index in [1.165, 1.54) is 6.07 Å². The Balaban J connectivity index is 1.92. The van der Waals surface area contributed by atoms with Crippen LogP contribution in [0, 0.1) is 0 Å². The summed E-state index contributed by atoms with van der Waals surface area (Å²) in [4.78, 5) is 10.5. The highest BCUT2D eigenvalue weighted by Gasteiger charge is 2.35. The average molecular weight is 413 g/mol. The summed E-state index contributed by atoms with van der Waals surface area (Å²) < 4.78 is 48.9. The summed E-state index contributed by atoms with van der Waals surface area (Å²) in [6.45, 7) is 4.00. The summed E-state index contributed by atoms with van der Waals surface area (Å²) in [5.74, 6) is -0.582. The van der Waals surface area contributed by atoms with Gasteiger partial charge in [0.15, 0.2) is 16.8 Å². The van der Waals surface area contributed by atoms with Crippen molar-refractivity contribution < 1.29 is 22.3 Å². The maximum atomic E-state index is 12.9. The molecule has 0 bridgehead atoms. The summed E-state index contributed by atoms with van der Waals surface area (Å²) >= 11 is 6.13. The second-order valence-electron chi connectivity index (χ2n) is 6.42. The number of pyridine rings is 1. The Bertz CT molecular complexity index is 994. The number of nitrogens with zero attached hydrogens (tertiary/aromatic N) is 3. The van der Waals surface area contributed by atoms with Crippen LogP contribution in [-0.4, -0.2) is 42.0 Å². The van der Waals surface area contributed by atoms with Crippen molar-refractivity contribution in [2.75, 3.05) is 24.5 Å². The second kappa shape index (κ2) is 7.14. The second-order valence-corrected chi connectivity index (χ2v) is 6.83. The van der Waals surface area contributed by atoms with Crippen molar-refractivity contribution >= 4 is 28.7 Å². The Kier molecular flexibility index (Phi) is 4.80. The van der Waals surface area contributed by atoms with Crippen LogP contribution in [0.5, 0.6) is 5.75 Å². The highest BCUT2D eigenvalue weighted by molar-refractivity contribution is 6.33. The first-order valence-corrected chi connectivity index (χ1v) is 8.99. The number of nitrogens with one attached hydrogen (secondary N) is 1. The number of alkyl halides is 3. The zero-order valence-electron chi connectivity index (χ0n) is 14.8. The molecule has 2 aromatic heterocycles.